The molecule has 9 nitrogen and oxygen atoms in total. The first-order valence-electron chi connectivity index (χ1n) is 12.5. The minimum absolute atomic E-state index is 0.0695. The summed E-state index contributed by atoms with van der Waals surface area (Å²) in [7, 11) is 3.03. The highest BCUT2D eigenvalue weighted by molar-refractivity contribution is 6.05. The fraction of sp³-hybridized carbons (Fsp3) is 0.200. The van der Waals surface area contributed by atoms with E-state index in [1.807, 2.05) is 24.3 Å². The molecule has 0 fully saturated rings. The minimum atomic E-state index is -0.793. The lowest BCUT2D eigenvalue weighted by Crippen LogP contribution is -2.26. The van der Waals surface area contributed by atoms with Crippen molar-refractivity contribution in [2.24, 2.45) is 10.2 Å². The number of aromatic hydroxyl groups is 1. The fourth-order valence-corrected chi connectivity index (χ4v) is 4.11. The van der Waals surface area contributed by atoms with E-state index < -0.39 is 11.8 Å². The van der Waals surface area contributed by atoms with E-state index in [0.29, 0.717) is 34.6 Å². The van der Waals surface area contributed by atoms with Crippen LogP contribution in [0.5, 0.6) is 17.4 Å². The molecule has 4 rings (SSSR count). The van der Waals surface area contributed by atoms with Crippen molar-refractivity contribution in [2.75, 3.05) is 14.2 Å². The largest absolute Gasteiger partial charge is 0.493 e. The van der Waals surface area contributed by atoms with Crippen molar-refractivity contribution in [3.8, 4) is 17.4 Å². The number of carbonyl (C=O) groups is 2. The van der Waals surface area contributed by atoms with E-state index >= 15 is 0 Å². The molecule has 0 saturated carbocycles. The molecule has 2 N–H and O–H groups in total. The van der Waals surface area contributed by atoms with Crippen LogP contribution in [0.15, 0.2) is 88.7 Å². The number of fused-ring (bicyclic) bond motifs is 1. The van der Waals surface area contributed by atoms with Crippen LogP contribution in [0.1, 0.15) is 35.7 Å². The first kappa shape index (κ1) is 27.1. The number of aryl methyl sites for hydroxylation is 1. The predicted octanol–water partition coefficient (Wildman–Crippen LogP) is 6.25. The minimum Gasteiger partial charge on any atom is -0.493 e. The van der Waals surface area contributed by atoms with Gasteiger partial charge in [0.2, 0.25) is 5.88 Å². The zero-order valence-corrected chi connectivity index (χ0v) is 22.0. The lowest BCUT2D eigenvalue weighted by atomic mass is 10.1. The lowest BCUT2D eigenvalue weighted by molar-refractivity contribution is -0.115. The molecule has 1 heterocycles. The molecule has 2 amide bonds. The third-order valence-corrected chi connectivity index (χ3v) is 6.13. The topological polar surface area (TPSA) is 115 Å². The molecule has 0 aliphatic rings. The molecule has 0 aliphatic carbocycles. The number of aromatic nitrogens is 1. The first-order valence-corrected chi connectivity index (χ1v) is 12.5. The Balaban J connectivity index is 1.72. The van der Waals surface area contributed by atoms with Gasteiger partial charge in [0, 0.05) is 17.5 Å². The van der Waals surface area contributed by atoms with Crippen LogP contribution in [0.2, 0.25) is 0 Å². The Morgan fingerprint density at radius 1 is 0.974 bits per heavy atom. The van der Waals surface area contributed by atoms with Gasteiger partial charge in [0.25, 0.3) is 5.91 Å². The summed E-state index contributed by atoms with van der Waals surface area (Å²) in [5, 5.41) is 22.3. The monoisotopic (exact) mass is 526 g/mol. The van der Waals surface area contributed by atoms with Crippen molar-refractivity contribution in [1.82, 2.24) is 9.88 Å². The average molecular weight is 527 g/mol. The Labute approximate surface area is 226 Å². The molecule has 0 spiro atoms. The van der Waals surface area contributed by atoms with Gasteiger partial charge in [0.05, 0.1) is 19.7 Å². The first-order chi connectivity index (χ1) is 19.0. The van der Waals surface area contributed by atoms with E-state index in [9.17, 15) is 14.7 Å². The Bertz CT molecular complexity index is 1540. The van der Waals surface area contributed by atoms with Crippen molar-refractivity contribution < 1.29 is 24.2 Å². The van der Waals surface area contributed by atoms with E-state index in [-0.39, 0.29) is 17.3 Å². The molecule has 0 unspecified atom stereocenters. The Morgan fingerprint density at radius 3 is 2.41 bits per heavy atom. The molecular formula is C30H30N4O5. The van der Waals surface area contributed by atoms with E-state index in [1.54, 1.807) is 53.1 Å². The number of unbranched alkanes of at least 4 members (excludes halogenated alkanes) is 1. The summed E-state index contributed by atoms with van der Waals surface area (Å²) in [6.45, 7) is 2.67. The maximum atomic E-state index is 13.3. The van der Waals surface area contributed by atoms with Crippen LogP contribution in [0, 0.1) is 0 Å². The van der Waals surface area contributed by atoms with Crippen LogP contribution in [-0.2, 0) is 11.3 Å². The summed E-state index contributed by atoms with van der Waals surface area (Å²) >= 11 is 0. The zero-order chi connectivity index (χ0) is 27.8. The second kappa shape index (κ2) is 12.6. The van der Waals surface area contributed by atoms with Crippen molar-refractivity contribution in [3.05, 3.63) is 89.6 Å². The maximum absolute atomic E-state index is 13.3. The maximum Gasteiger partial charge on any atom is 0.311 e. The number of nitrogens with one attached hydrogen (secondary N) is 1. The number of amides is 2. The summed E-state index contributed by atoms with van der Waals surface area (Å²) < 4.78 is 12.4. The number of carbonyl (C=O) groups excluding carboxylic acids is 2. The molecule has 0 saturated heterocycles. The van der Waals surface area contributed by atoms with Gasteiger partial charge < -0.3 is 24.5 Å². The second-order valence-electron chi connectivity index (χ2n) is 8.69. The van der Waals surface area contributed by atoms with Gasteiger partial charge in [-0.1, -0.05) is 55.8 Å². The van der Waals surface area contributed by atoms with Gasteiger partial charge in [-0.05, 0) is 48.4 Å². The van der Waals surface area contributed by atoms with Crippen LogP contribution < -0.4 is 14.8 Å². The fourth-order valence-electron chi connectivity index (χ4n) is 4.11. The van der Waals surface area contributed by atoms with Crippen LogP contribution in [0.4, 0.5) is 5.69 Å². The molecule has 0 bridgehead atoms. The highest BCUT2D eigenvalue weighted by atomic mass is 16.5. The number of azo groups is 1. The van der Waals surface area contributed by atoms with Gasteiger partial charge in [0.1, 0.15) is 5.70 Å². The lowest BCUT2D eigenvalue weighted by Gasteiger charge is -2.10. The Morgan fingerprint density at radius 2 is 1.69 bits per heavy atom. The van der Waals surface area contributed by atoms with Gasteiger partial charge in [-0.25, -0.2) is 0 Å². The third kappa shape index (κ3) is 6.15. The molecule has 1 aromatic heterocycles. The second-order valence-corrected chi connectivity index (χ2v) is 8.69. The molecule has 39 heavy (non-hydrogen) atoms. The Hall–Kier alpha value is -4.92. The smallest absolute Gasteiger partial charge is 0.311 e. The number of hydrogen-bond donors (Lipinski definition) is 2. The van der Waals surface area contributed by atoms with Gasteiger partial charge in [-0.2, -0.15) is 0 Å². The van der Waals surface area contributed by atoms with E-state index in [1.165, 1.54) is 20.3 Å². The Kier molecular flexibility index (Phi) is 8.73. The van der Waals surface area contributed by atoms with Crippen molar-refractivity contribution in [1.29, 1.82) is 0 Å². The molecule has 200 valence electrons. The van der Waals surface area contributed by atoms with Crippen molar-refractivity contribution in [3.63, 3.8) is 0 Å². The van der Waals surface area contributed by atoms with E-state index in [0.717, 1.165) is 18.4 Å². The van der Waals surface area contributed by atoms with E-state index in [2.05, 4.69) is 22.5 Å². The predicted molar refractivity (Wildman–Crippen MR) is 149 cm³/mol. The SMILES string of the molecule is CCCCn1c(O)c(N=NC(=O)/C(=C\c2ccc(OC)c(OC)c2)NC(=O)c2ccccc2)c2ccccc21. The van der Waals surface area contributed by atoms with Crippen LogP contribution in [-0.4, -0.2) is 35.7 Å². The van der Waals surface area contributed by atoms with Gasteiger partial charge in [-0.3, -0.25) is 9.59 Å². The number of hydrogen-bond acceptors (Lipinski definition) is 6. The number of ether oxygens (including phenoxy) is 2. The molecule has 0 aliphatic heterocycles. The van der Waals surface area contributed by atoms with Gasteiger partial charge >= 0.3 is 5.91 Å². The zero-order valence-electron chi connectivity index (χ0n) is 22.0. The highest BCUT2D eigenvalue weighted by Crippen LogP contribution is 2.39. The molecule has 9 heteroatoms. The summed E-state index contributed by atoms with van der Waals surface area (Å²) in [5.74, 6) is -0.368. The molecular weight excluding hydrogens is 496 g/mol. The number of nitrogens with zero attached hydrogens (tertiary/aromatic N) is 3. The highest BCUT2D eigenvalue weighted by Gasteiger charge is 2.19. The summed E-state index contributed by atoms with van der Waals surface area (Å²) in [5.41, 5.74) is 1.82. The number of para-hydroxylation sites is 1. The summed E-state index contributed by atoms with van der Waals surface area (Å²) in [4.78, 5) is 26.2. The normalized spacial score (nSPS) is 11.6. The number of rotatable bonds is 10. The summed E-state index contributed by atoms with van der Waals surface area (Å²) in [6, 6.07) is 21.0. The van der Waals surface area contributed by atoms with E-state index in [4.69, 9.17) is 9.47 Å². The molecule has 0 atom stereocenters. The summed E-state index contributed by atoms with van der Waals surface area (Å²) in [6.07, 6.45) is 3.30. The third-order valence-electron chi connectivity index (χ3n) is 6.13. The van der Waals surface area contributed by atoms with Crippen molar-refractivity contribution in [2.45, 2.75) is 26.3 Å². The standard InChI is InChI=1S/C30H30N4O5/c1-4-5-17-34-24-14-10-9-13-22(24)27(30(34)37)32-33-29(36)23(31-28(35)21-11-7-6-8-12-21)18-20-15-16-25(38-2)26(19-20)39-3/h6-16,18-19,37H,4-5,17H2,1-3H3,(H,31,35)/b23-18+,33-32?. The van der Waals surface area contributed by atoms with Crippen LogP contribution >= 0.6 is 0 Å². The van der Waals surface area contributed by atoms with Crippen molar-refractivity contribution >= 4 is 34.5 Å². The molecule has 0 radical (unpaired) electrons. The van der Waals surface area contributed by atoms with Crippen LogP contribution in [0.25, 0.3) is 17.0 Å². The quantitative estimate of drug-likeness (QED) is 0.187. The van der Waals surface area contributed by atoms with Gasteiger partial charge in [-0.15, -0.1) is 10.2 Å². The van der Waals surface area contributed by atoms with Crippen LogP contribution in [0.3, 0.4) is 0 Å². The number of benzene rings is 3. The molecule has 4 aromatic rings. The average Bonchev–Trinajstić information content (AvgIpc) is 3.24. The molecule has 3 aromatic carbocycles. The number of methoxy groups -OCH3 is 2. The van der Waals surface area contributed by atoms with Gasteiger partial charge in [0.15, 0.2) is 17.2 Å².